The molecule has 0 amide bonds. The molecule has 2 aromatic carbocycles. The molecule has 3 heteroatoms. The van der Waals surface area contributed by atoms with Crippen molar-refractivity contribution in [3.05, 3.63) is 82.9 Å². The summed E-state index contributed by atoms with van der Waals surface area (Å²) in [6.45, 7) is 8.61. The van der Waals surface area contributed by atoms with Crippen molar-refractivity contribution in [2.24, 2.45) is 5.92 Å². The third kappa shape index (κ3) is 6.03. The molecule has 0 aromatic heterocycles. The van der Waals surface area contributed by atoms with Crippen LogP contribution >= 0.6 is 0 Å². The number of aryl methyl sites for hydroxylation is 2. The van der Waals surface area contributed by atoms with Crippen LogP contribution in [0.15, 0.2) is 60.7 Å². The number of likely N-dealkylation sites (tertiary alicyclic amines) is 1. The molecule has 31 heavy (non-hydrogen) atoms. The summed E-state index contributed by atoms with van der Waals surface area (Å²) in [6, 6.07) is 16.6. The fraction of sp³-hybridized carbons (Fsp3) is 0.393. The fourth-order valence-electron chi connectivity index (χ4n) is 4.11. The zero-order chi connectivity index (χ0) is 22.3. The molecule has 2 unspecified atom stereocenters. The first kappa shape index (κ1) is 23.2. The van der Waals surface area contributed by atoms with Crippen LogP contribution in [-0.2, 0) is 17.6 Å². The number of allylic oxidation sites excluding steroid dienone is 1. The second-order valence-corrected chi connectivity index (χ2v) is 8.45. The predicted octanol–water partition coefficient (Wildman–Crippen LogP) is 5.18. The van der Waals surface area contributed by atoms with E-state index < -0.39 is 11.5 Å². The van der Waals surface area contributed by atoms with Crippen LogP contribution in [0.25, 0.3) is 12.2 Å². The van der Waals surface area contributed by atoms with E-state index in [0.717, 1.165) is 37.1 Å². The van der Waals surface area contributed by atoms with Gasteiger partial charge in [-0.25, -0.2) is 0 Å². The molecule has 164 valence electrons. The van der Waals surface area contributed by atoms with Crippen molar-refractivity contribution >= 4 is 17.9 Å². The van der Waals surface area contributed by atoms with Crippen LogP contribution in [0.2, 0.25) is 0 Å². The highest BCUT2D eigenvalue weighted by atomic mass is 16.3. The normalized spacial score (nSPS) is 22.4. The van der Waals surface area contributed by atoms with Gasteiger partial charge < -0.3 is 10.0 Å². The number of nitrogens with zero attached hydrogens (tertiary/aromatic N) is 1. The largest absolute Gasteiger partial charge is 0.385 e. The van der Waals surface area contributed by atoms with E-state index in [0.29, 0.717) is 13.0 Å². The van der Waals surface area contributed by atoms with Crippen LogP contribution in [0.1, 0.15) is 49.4 Å². The van der Waals surface area contributed by atoms with Gasteiger partial charge >= 0.3 is 0 Å². The van der Waals surface area contributed by atoms with E-state index in [1.165, 1.54) is 11.1 Å². The lowest BCUT2D eigenvalue weighted by Gasteiger charge is -2.41. The molecular weight excluding hydrogens is 382 g/mol. The molecule has 2 aromatic rings. The monoisotopic (exact) mass is 417 g/mol. The zero-order valence-corrected chi connectivity index (χ0v) is 19.1. The molecule has 0 aliphatic carbocycles. The Morgan fingerprint density at radius 1 is 0.968 bits per heavy atom. The van der Waals surface area contributed by atoms with Crippen molar-refractivity contribution in [1.82, 2.24) is 4.90 Å². The Morgan fingerprint density at radius 2 is 1.52 bits per heavy atom. The third-order valence-electron chi connectivity index (χ3n) is 6.44. The van der Waals surface area contributed by atoms with Crippen LogP contribution in [0.3, 0.4) is 0 Å². The van der Waals surface area contributed by atoms with Gasteiger partial charge in [0.1, 0.15) is 0 Å². The molecule has 2 atom stereocenters. The molecule has 0 saturated carbocycles. The summed E-state index contributed by atoms with van der Waals surface area (Å²) in [7, 11) is 0. The second-order valence-electron chi connectivity index (χ2n) is 8.45. The summed E-state index contributed by atoms with van der Waals surface area (Å²) in [5, 5.41) is 11.5. The van der Waals surface area contributed by atoms with Crippen LogP contribution in [0, 0.1) is 5.92 Å². The number of carbonyl (C=O) groups excluding carboxylic acids is 1. The van der Waals surface area contributed by atoms with Crippen LogP contribution in [-0.4, -0.2) is 41.0 Å². The second kappa shape index (κ2) is 10.7. The first-order valence-electron chi connectivity index (χ1n) is 11.5. The first-order chi connectivity index (χ1) is 15.0. The number of benzene rings is 2. The number of rotatable bonds is 8. The van der Waals surface area contributed by atoms with Gasteiger partial charge in [-0.2, -0.15) is 0 Å². The quantitative estimate of drug-likeness (QED) is 0.602. The van der Waals surface area contributed by atoms with E-state index in [9.17, 15) is 9.90 Å². The number of piperidine rings is 1. The van der Waals surface area contributed by atoms with Crippen LogP contribution < -0.4 is 0 Å². The lowest BCUT2D eigenvalue weighted by molar-refractivity contribution is -0.129. The molecule has 0 bridgehead atoms. The molecule has 3 rings (SSSR count). The average molecular weight is 418 g/mol. The molecule has 1 saturated heterocycles. The highest BCUT2D eigenvalue weighted by molar-refractivity contribution is 5.96. The molecule has 1 fully saturated rings. The molecule has 1 aliphatic rings. The van der Waals surface area contributed by atoms with Crippen LogP contribution in [0.5, 0.6) is 0 Å². The maximum Gasteiger partial charge on any atom is 0.163 e. The maximum absolute atomic E-state index is 13.2. The molecule has 0 radical (unpaired) electrons. The maximum atomic E-state index is 13.2. The summed E-state index contributed by atoms with van der Waals surface area (Å²) in [5.74, 6) is -0.496. The Hall–Kier alpha value is -2.49. The van der Waals surface area contributed by atoms with Crippen LogP contribution in [0.4, 0.5) is 0 Å². The Kier molecular flexibility index (Phi) is 8.00. The summed E-state index contributed by atoms with van der Waals surface area (Å²) in [4.78, 5) is 15.4. The van der Waals surface area contributed by atoms with E-state index in [1.807, 2.05) is 30.4 Å². The van der Waals surface area contributed by atoms with E-state index in [1.54, 1.807) is 6.08 Å². The summed E-state index contributed by atoms with van der Waals surface area (Å²) >= 11 is 0. The highest BCUT2D eigenvalue weighted by Gasteiger charge is 2.42. The summed E-state index contributed by atoms with van der Waals surface area (Å²) < 4.78 is 0. The minimum atomic E-state index is -1.14. The lowest BCUT2D eigenvalue weighted by Crippen LogP contribution is -2.53. The molecule has 3 nitrogen and oxygen atoms in total. The minimum Gasteiger partial charge on any atom is -0.385 e. The van der Waals surface area contributed by atoms with Gasteiger partial charge in [-0.05, 0) is 54.1 Å². The standard InChI is InChI=1S/C28H35NO2/c1-4-22-7-11-24(12-8-22)15-16-27(30)26-21-29(6-3)20-19-28(26,31)18-17-25-13-9-23(5-2)10-14-25/h7-18,26,31H,4-6,19-21H2,1-3H3/b16-15+,18-17+. The number of carbonyl (C=O) groups is 1. The van der Waals surface area contributed by atoms with E-state index in [2.05, 4.69) is 62.1 Å². The van der Waals surface area contributed by atoms with Gasteiger partial charge in [0.05, 0.1) is 11.5 Å². The summed E-state index contributed by atoms with van der Waals surface area (Å²) in [6.07, 6.45) is 9.85. The number of hydrogen-bond donors (Lipinski definition) is 1. The molecule has 0 spiro atoms. The van der Waals surface area contributed by atoms with Crippen molar-refractivity contribution in [2.45, 2.75) is 45.6 Å². The van der Waals surface area contributed by atoms with Crippen molar-refractivity contribution in [2.75, 3.05) is 19.6 Å². The van der Waals surface area contributed by atoms with E-state index in [4.69, 9.17) is 0 Å². The highest BCUT2D eigenvalue weighted by Crippen LogP contribution is 2.31. The Balaban J connectivity index is 1.78. The molecule has 1 N–H and O–H groups in total. The first-order valence-corrected chi connectivity index (χ1v) is 11.5. The van der Waals surface area contributed by atoms with Crippen molar-refractivity contribution in [3.63, 3.8) is 0 Å². The summed E-state index contributed by atoms with van der Waals surface area (Å²) in [5.41, 5.74) is 3.48. The van der Waals surface area contributed by atoms with Gasteiger partial charge in [-0.15, -0.1) is 0 Å². The number of hydrogen-bond acceptors (Lipinski definition) is 3. The topological polar surface area (TPSA) is 40.5 Å². The van der Waals surface area contributed by atoms with Crippen molar-refractivity contribution < 1.29 is 9.90 Å². The molecule has 1 aliphatic heterocycles. The smallest absolute Gasteiger partial charge is 0.163 e. The van der Waals surface area contributed by atoms with Gasteiger partial charge in [0, 0.05) is 13.1 Å². The Morgan fingerprint density at radius 3 is 2.03 bits per heavy atom. The Bertz CT molecular complexity index is 911. The number of aliphatic hydroxyl groups is 1. The zero-order valence-electron chi connectivity index (χ0n) is 19.1. The van der Waals surface area contributed by atoms with E-state index >= 15 is 0 Å². The van der Waals surface area contributed by atoms with Crippen molar-refractivity contribution in [1.29, 1.82) is 0 Å². The van der Waals surface area contributed by atoms with Gasteiger partial charge in [-0.1, -0.05) is 87.5 Å². The average Bonchev–Trinajstić information content (AvgIpc) is 2.82. The number of ketones is 1. The van der Waals surface area contributed by atoms with Gasteiger partial charge in [0.15, 0.2) is 5.78 Å². The van der Waals surface area contributed by atoms with E-state index in [-0.39, 0.29) is 5.78 Å². The van der Waals surface area contributed by atoms with Gasteiger partial charge in [0.2, 0.25) is 0 Å². The van der Waals surface area contributed by atoms with Gasteiger partial charge in [-0.3, -0.25) is 4.79 Å². The Labute approximate surface area is 187 Å². The minimum absolute atomic E-state index is 0.0220. The third-order valence-corrected chi connectivity index (χ3v) is 6.44. The SMILES string of the molecule is CCc1ccc(/C=C/C(=O)C2CN(CC)CCC2(O)/C=C/c2ccc(CC)cc2)cc1. The van der Waals surface area contributed by atoms with Crippen molar-refractivity contribution in [3.8, 4) is 0 Å². The molecule has 1 heterocycles. The lowest BCUT2D eigenvalue weighted by atomic mass is 9.77. The molecular formula is C28H35NO2. The fourth-order valence-corrected chi connectivity index (χ4v) is 4.11. The van der Waals surface area contributed by atoms with Gasteiger partial charge in [0.25, 0.3) is 0 Å². The predicted molar refractivity (Wildman–Crippen MR) is 130 cm³/mol.